The number of imidazole rings is 4. The van der Waals surface area contributed by atoms with E-state index in [9.17, 15) is 44.4 Å². The number of hydrogen-bond acceptors (Lipinski definition) is 10. The topological polar surface area (TPSA) is 168 Å². The summed E-state index contributed by atoms with van der Waals surface area (Å²) < 4.78 is 87.1. The van der Waals surface area contributed by atoms with Crippen molar-refractivity contribution in [3.05, 3.63) is 120 Å². The minimum Gasteiger partial charge on any atom is -0.862 e. The van der Waals surface area contributed by atoms with E-state index in [0.717, 1.165) is 100 Å². The molecule has 0 bridgehead atoms. The Bertz CT molecular complexity index is 2640. The van der Waals surface area contributed by atoms with Gasteiger partial charge < -0.3 is 73.3 Å². The van der Waals surface area contributed by atoms with Gasteiger partial charge in [-0.2, -0.15) is 0 Å². The predicted molar refractivity (Wildman–Crippen MR) is 267 cm³/mol. The monoisotopic (exact) mass is 1140 g/mol. The number of aromatic nitrogens is 8. The standard InChI is InChI=1S/C43H49N10O.C3H7NO.C2H5NO.2BF4.2Fe/c1-5-50-36-21-13-9-17-32(36)44-40(50)27-48(28-41-45-33-18-10-14-22-37(33)51(41)6-2)25-31(54)26-49(29-42-46-34-19-11-15-23-38(34)52(42)7-3)30-43-47-35-20-12-16-24-39(35)53(43)8-4;1-4(2)3-5;1-2(3)4;2*2-1(3,4)5;;/h9-24,31H,5-8,25-30H2,1-4H3;3H,1-2H3;1H3,(H2,3,4);;;;/q-1;;;2*-1;2*+2/p-1. The Hall–Kier alpha value is -5.81. The van der Waals surface area contributed by atoms with Gasteiger partial charge in [-0.1, -0.05) is 48.5 Å². The first-order valence-electron chi connectivity index (χ1n) is 23.4. The maximum absolute atomic E-state index is 14.6. The number of hydrogen-bond donors (Lipinski definition) is 1. The third-order valence-corrected chi connectivity index (χ3v) is 10.8. The van der Waals surface area contributed by atoms with Gasteiger partial charge in [0.2, 0.25) is 6.41 Å². The summed E-state index contributed by atoms with van der Waals surface area (Å²) in [6.07, 6.45) is -0.178. The van der Waals surface area contributed by atoms with E-state index < -0.39 is 26.5 Å². The van der Waals surface area contributed by atoms with Gasteiger partial charge in [0.1, 0.15) is 23.3 Å². The first-order chi connectivity index (χ1) is 34.5. The van der Waals surface area contributed by atoms with Crippen LogP contribution in [0.5, 0.6) is 0 Å². The Morgan fingerprint density at radius 3 is 0.893 bits per heavy atom. The summed E-state index contributed by atoms with van der Waals surface area (Å²) in [6, 6.07) is 33.1. The Balaban J connectivity index is 0.000000790. The Morgan fingerprint density at radius 2 is 0.720 bits per heavy atom. The number of aryl methyl sites for hydroxylation is 4. The van der Waals surface area contributed by atoms with E-state index >= 15 is 0 Å². The van der Waals surface area contributed by atoms with Crippen molar-refractivity contribution in [2.45, 2.75) is 93.1 Å². The summed E-state index contributed by atoms with van der Waals surface area (Å²) in [4.78, 5) is 35.7. The van der Waals surface area contributed by atoms with Crippen molar-refractivity contribution in [2.75, 3.05) is 27.2 Å². The Kier molecular flexibility index (Phi) is 26.7. The van der Waals surface area contributed by atoms with Crippen molar-refractivity contribution in [3.8, 4) is 0 Å². The number of benzene rings is 4. The van der Waals surface area contributed by atoms with Gasteiger partial charge in [-0.15, -0.1) is 6.10 Å². The molecule has 0 fully saturated rings. The number of fused-ring (bicyclic) bond motifs is 4. The van der Waals surface area contributed by atoms with Crippen LogP contribution in [0.25, 0.3) is 44.1 Å². The molecule has 1 amide bonds. The molecular weight excluding hydrogens is 1080 g/mol. The summed E-state index contributed by atoms with van der Waals surface area (Å²) >= 11 is 0. The first kappa shape index (κ1) is 65.3. The molecule has 4 aromatic carbocycles. The number of nitrogens with one attached hydrogen (secondary N) is 1. The molecule has 0 saturated heterocycles. The second-order valence-electron chi connectivity index (χ2n) is 16.6. The molecule has 0 spiro atoms. The molecular formula is C48H60B2F8Fe2N12O3. The first-order valence-corrected chi connectivity index (χ1v) is 23.4. The predicted octanol–water partition coefficient (Wildman–Crippen LogP) is 8.24. The van der Waals surface area contributed by atoms with Gasteiger partial charge in [-0.05, 0) is 102 Å². The fourth-order valence-corrected chi connectivity index (χ4v) is 8.20. The van der Waals surface area contributed by atoms with Crippen molar-refractivity contribution in [1.82, 2.24) is 52.9 Å². The molecule has 4 heterocycles. The number of amides is 1. The number of halogens is 8. The summed E-state index contributed by atoms with van der Waals surface area (Å²) in [6.45, 7) is 15.8. The molecule has 15 nitrogen and oxygen atoms in total. The normalized spacial score (nSPS) is 11.2. The van der Waals surface area contributed by atoms with Crippen LogP contribution in [0, 0.1) is 5.41 Å². The van der Waals surface area contributed by atoms with Crippen molar-refractivity contribution in [1.29, 1.82) is 5.41 Å². The van der Waals surface area contributed by atoms with Crippen LogP contribution in [0.15, 0.2) is 97.1 Å². The average molecular weight is 1140 g/mol. The van der Waals surface area contributed by atoms with E-state index in [1.807, 2.05) is 24.3 Å². The molecule has 0 aliphatic rings. The summed E-state index contributed by atoms with van der Waals surface area (Å²) in [5, 5.41) is 29.7. The summed E-state index contributed by atoms with van der Waals surface area (Å²) in [5.74, 6) is 3.23. The summed E-state index contributed by atoms with van der Waals surface area (Å²) in [5.41, 5.74) is 8.32. The van der Waals surface area contributed by atoms with Crippen LogP contribution in [0.1, 0.15) is 57.9 Å². The molecule has 1 N–H and O–H groups in total. The second kappa shape index (κ2) is 30.7. The molecule has 27 heteroatoms. The molecule has 0 aliphatic carbocycles. The molecule has 408 valence electrons. The quantitative estimate of drug-likeness (QED) is 0.0311. The number of rotatable bonds is 17. The molecule has 0 radical (unpaired) electrons. The molecule has 0 unspecified atom stereocenters. The SMILES string of the molecule is CC(=N)[O-].CCn1c(CN(Cc2nc3ccccc3n2CC)CC([O-])CN(Cc2nc3ccccc3n2CC)Cc2nc3ccccc3n2CC)nc2ccccc21.CN(C)C=O.F[B-](F)(F)F.F[B-](F)(F)F.[Fe+2].[Fe+2]. The number of carbonyl (C=O) groups is 1. The molecule has 8 rings (SSSR count). The van der Waals surface area contributed by atoms with Crippen molar-refractivity contribution in [2.24, 2.45) is 0 Å². The number of para-hydroxylation sites is 8. The van der Waals surface area contributed by atoms with E-state index in [0.29, 0.717) is 39.3 Å². The van der Waals surface area contributed by atoms with Gasteiger partial charge in [0.15, 0.2) is 0 Å². The van der Waals surface area contributed by atoms with Crippen molar-refractivity contribution < 1.29 is 83.7 Å². The van der Waals surface area contributed by atoms with Crippen molar-refractivity contribution in [3.63, 3.8) is 0 Å². The van der Waals surface area contributed by atoms with Crippen LogP contribution in [0.4, 0.5) is 34.5 Å². The third kappa shape index (κ3) is 20.7. The smallest absolute Gasteiger partial charge is 0.862 e. The second-order valence-corrected chi connectivity index (χ2v) is 16.6. The third-order valence-electron chi connectivity index (χ3n) is 10.8. The van der Waals surface area contributed by atoms with Gasteiger partial charge >= 0.3 is 48.6 Å². The van der Waals surface area contributed by atoms with E-state index in [-0.39, 0.29) is 34.1 Å². The van der Waals surface area contributed by atoms with Crippen LogP contribution in [-0.2, 0) is 91.3 Å². The van der Waals surface area contributed by atoms with Crippen LogP contribution in [0.3, 0.4) is 0 Å². The summed E-state index contributed by atoms with van der Waals surface area (Å²) in [7, 11) is -8.62. The Morgan fingerprint density at radius 1 is 0.533 bits per heavy atom. The van der Waals surface area contributed by atoms with Crippen LogP contribution >= 0.6 is 0 Å². The average Bonchev–Trinajstić information content (AvgIpc) is 4.06. The van der Waals surface area contributed by atoms with Crippen molar-refractivity contribution >= 4 is 71.0 Å². The maximum Gasteiger partial charge on any atom is 2.00 e. The van der Waals surface area contributed by atoms with Gasteiger partial charge in [-0.3, -0.25) is 14.6 Å². The van der Waals surface area contributed by atoms with Gasteiger partial charge in [0.05, 0.1) is 70.3 Å². The zero-order valence-corrected chi connectivity index (χ0v) is 44.7. The maximum atomic E-state index is 14.6. The van der Waals surface area contributed by atoms with Gasteiger partial charge in [-0.25, -0.2) is 19.9 Å². The van der Waals surface area contributed by atoms with E-state index in [2.05, 4.69) is 129 Å². The number of carbonyl (C=O) groups excluding carboxylic acids is 1. The minimum atomic E-state index is -6.00. The number of nitrogens with zero attached hydrogens (tertiary/aromatic N) is 11. The Labute approximate surface area is 451 Å². The fraction of sp³-hybridized carbons (Fsp3) is 0.375. The molecule has 8 aromatic rings. The van der Waals surface area contributed by atoms with Crippen LogP contribution in [0.2, 0.25) is 0 Å². The molecule has 75 heavy (non-hydrogen) atoms. The molecule has 0 atom stereocenters. The van der Waals surface area contributed by atoms with Crippen LogP contribution < -0.4 is 10.2 Å². The zero-order valence-electron chi connectivity index (χ0n) is 42.5. The zero-order chi connectivity index (χ0) is 54.0. The van der Waals surface area contributed by atoms with Gasteiger partial charge in [0.25, 0.3) is 0 Å². The largest absolute Gasteiger partial charge is 2.00 e. The molecule has 0 saturated carbocycles. The van der Waals surface area contributed by atoms with E-state index in [1.165, 1.54) is 11.8 Å². The van der Waals surface area contributed by atoms with E-state index in [1.54, 1.807) is 14.1 Å². The fourth-order valence-electron chi connectivity index (χ4n) is 8.20. The van der Waals surface area contributed by atoms with Gasteiger partial charge in [0, 0.05) is 40.3 Å². The van der Waals surface area contributed by atoms with Crippen LogP contribution in [-0.4, -0.2) is 113 Å². The van der Waals surface area contributed by atoms with E-state index in [4.69, 9.17) is 30.5 Å². The molecule has 0 aliphatic heterocycles. The molecule has 4 aromatic heterocycles. The minimum absolute atomic E-state index is 0.